The summed E-state index contributed by atoms with van der Waals surface area (Å²) in [5, 5.41) is 15.5. The minimum atomic E-state index is -0.623. The van der Waals surface area contributed by atoms with Crippen LogP contribution >= 0.6 is 11.5 Å². The van der Waals surface area contributed by atoms with Crippen molar-refractivity contribution >= 4 is 29.1 Å². The van der Waals surface area contributed by atoms with Crippen LogP contribution in [0.5, 0.6) is 0 Å². The lowest BCUT2D eigenvalue weighted by atomic mass is 9.95. The lowest BCUT2D eigenvalue weighted by Crippen LogP contribution is -2.31. The first-order valence-corrected chi connectivity index (χ1v) is 10.3. The molecule has 2 N–H and O–H groups in total. The molecule has 1 saturated carbocycles. The summed E-state index contributed by atoms with van der Waals surface area (Å²) in [6, 6.07) is 3.57. The monoisotopic (exact) mass is 399 g/mol. The summed E-state index contributed by atoms with van der Waals surface area (Å²) in [6.07, 6.45) is 1.05. The summed E-state index contributed by atoms with van der Waals surface area (Å²) >= 11 is 1.32. The molecule has 2 fully saturated rings. The van der Waals surface area contributed by atoms with E-state index in [9.17, 15) is 14.7 Å². The molecular formula is C20H21N3O4S. The molecule has 2 aromatic rings. The van der Waals surface area contributed by atoms with E-state index in [-0.39, 0.29) is 24.4 Å². The minimum Gasteiger partial charge on any atom is -0.457 e. The first kappa shape index (κ1) is 17.8. The number of esters is 1. The van der Waals surface area contributed by atoms with Crippen LogP contribution in [0.3, 0.4) is 0 Å². The summed E-state index contributed by atoms with van der Waals surface area (Å²) < 4.78 is 9.09. The highest BCUT2D eigenvalue weighted by Crippen LogP contribution is 2.52. The third-order valence-electron chi connectivity index (χ3n) is 6.27. The van der Waals surface area contributed by atoms with Gasteiger partial charge in [-0.1, -0.05) is 6.07 Å². The average molecular weight is 399 g/mol. The van der Waals surface area contributed by atoms with Crippen LogP contribution in [0.4, 0.5) is 5.69 Å². The molecule has 3 aliphatic rings. The summed E-state index contributed by atoms with van der Waals surface area (Å²) in [6.45, 7) is 4.40. The molecular weight excluding hydrogens is 378 g/mol. The van der Waals surface area contributed by atoms with E-state index in [1.165, 1.54) is 11.5 Å². The Morgan fingerprint density at radius 3 is 2.93 bits per heavy atom. The topological polar surface area (TPSA) is 91.8 Å². The van der Waals surface area contributed by atoms with Crippen molar-refractivity contribution in [3.8, 4) is 0 Å². The predicted octanol–water partition coefficient (Wildman–Crippen LogP) is 1.97. The molecule has 2 aliphatic heterocycles. The highest BCUT2D eigenvalue weighted by atomic mass is 32.1. The van der Waals surface area contributed by atoms with E-state index < -0.39 is 6.10 Å². The molecule has 28 heavy (non-hydrogen) atoms. The number of fused-ring (bicyclic) bond motifs is 2. The van der Waals surface area contributed by atoms with Crippen molar-refractivity contribution in [1.82, 2.24) is 9.27 Å². The number of anilines is 1. The maximum Gasteiger partial charge on any atom is 0.338 e. The van der Waals surface area contributed by atoms with Crippen molar-refractivity contribution in [3.63, 3.8) is 0 Å². The van der Waals surface area contributed by atoms with Gasteiger partial charge in [-0.2, -0.15) is 4.37 Å². The number of carbonyl (C=O) groups is 2. The van der Waals surface area contributed by atoms with Gasteiger partial charge in [0.05, 0.1) is 23.6 Å². The molecule has 3 heterocycles. The zero-order valence-electron chi connectivity index (χ0n) is 15.4. The largest absolute Gasteiger partial charge is 0.457 e. The Kier molecular flexibility index (Phi) is 4.22. The van der Waals surface area contributed by atoms with Gasteiger partial charge in [-0.05, 0) is 47.5 Å². The normalized spacial score (nSPS) is 26.5. The van der Waals surface area contributed by atoms with Crippen molar-refractivity contribution in [1.29, 1.82) is 0 Å². The highest BCUT2D eigenvalue weighted by Gasteiger charge is 2.59. The number of β-amino-alcohol motifs (C(OH)–C–C–N with tert-alkyl or cyclic N) is 1. The number of aliphatic hydroxyl groups excluding tert-OH is 1. The van der Waals surface area contributed by atoms with E-state index in [1.54, 1.807) is 12.3 Å². The third kappa shape index (κ3) is 2.92. The van der Waals surface area contributed by atoms with Gasteiger partial charge in [-0.25, -0.2) is 4.79 Å². The predicted molar refractivity (Wildman–Crippen MR) is 103 cm³/mol. The lowest BCUT2D eigenvalue weighted by molar-refractivity contribution is -0.118. The van der Waals surface area contributed by atoms with Gasteiger partial charge in [-0.15, -0.1) is 0 Å². The van der Waals surface area contributed by atoms with Gasteiger partial charge in [0.2, 0.25) is 5.91 Å². The Hall–Kier alpha value is -2.29. The van der Waals surface area contributed by atoms with Crippen LogP contribution in [0.25, 0.3) is 0 Å². The molecule has 0 bridgehead atoms. The maximum absolute atomic E-state index is 12.4. The average Bonchev–Trinajstić information content (AvgIpc) is 3.11. The number of amides is 1. The van der Waals surface area contributed by atoms with Crippen molar-refractivity contribution in [2.45, 2.75) is 19.6 Å². The fourth-order valence-corrected chi connectivity index (χ4v) is 5.18. The molecule has 1 aromatic heterocycles. The van der Waals surface area contributed by atoms with Crippen LogP contribution in [-0.2, 0) is 16.1 Å². The van der Waals surface area contributed by atoms with E-state index in [0.29, 0.717) is 23.9 Å². The third-order valence-corrected chi connectivity index (χ3v) is 6.86. The molecule has 146 valence electrons. The highest BCUT2D eigenvalue weighted by molar-refractivity contribution is 7.04. The number of aliphatic hydroxyl groups is 1. The number of nitrogens with zero attached hydrogens (tertiary/aromatic N) is 2. The molecule has 1 amide bonds. The smallest absolute Gasteiger partial charge is 0.338 e. The van der Waals surface area contributed by atoms with Gasteiger partial charge < -0.3 is 15.2 Å². The zero-order valence-corrected chi connectivity index (χ0v) is 16.2. The van der Waals surface area contributed by atoms with Crippen molar-refractivity contribution in [2.75, 3.05) is 25.0 Å². The SMILES string of the molecule is Cc1c(C(O)CN2CC3C(C2)C3C(=O)Nc2cnsc2)ccc2c1COC2=O. The first-order valence-electron chi connectivity index (χ1n) is 9.43. The van der Waals surface area contributed by atoms with E-state index in [0.717, 1.165) is 35.5 Å². The molecule has 0 spiro atoms. The Labute approximate surface area is 166 Å². The molecule has 0 radical (unpaired) electrons. The number of likely N-dealkylation sites (tertiary alicyclic amines) is 1. The number of benzene rings is 1. The molecule has 7 nitrogen and oxygen atoms in total. The number of hydrogen-bond donors (Lipinski definition) is 2. The van der Waals surface area contributed by atoms with Crippen LogP contribution in [-0.4, -0.2) is 45.9 Å². The summed E-state index contributed by atoms with van der Waals surface area (Å²) in [7, 11) is 0. The molecule has 3 atom stereocenters. The number of hydrogen-bond acceptors (Lipinski definition) is 7. The van der Waals surface area contributed by atoms with Crippen LogP contribution < -0.4 is 5.32 Å². The van der Waals surface area contributed by atoms with Gasteiger partial charge in [0, 0.05) is 36.5 Å². The maximum atomic E-state index is 12.4. The first-order chi connectivity index (χ1) is 13.5. The van der Waals surface area contributed by atoms with E-state index >= 15 is 0 Å². The van der Waals surface area contributed by atoms with Crippen LogP contribution in [0.15, 0.2) is 23.7 Å². The van der Waals surface area contributed by atoms with Gasteiger partial charge >= 0.3 is 5.97 Å². The van der Waals surface area contributed by atoms with E-state index in [1.807, 2.05) is 18.4 Å². The van der Waals surface area contributed by atoms with E-state index in [4.69, 9.17) is 4.74 Å². The second-order valence-electron chi connectivity index (χ2n) is 7.87. The summed E-state index contributed by atoms with van der Waals surface area (Å²) in [5.41, 5.74) is 4.02. The quantitative estimate of drug-likeness (QED) is 0.747. The number of aromatic nitrogens is 1. The van der Waals surface area contributed by atoms with E-state index in [2.05, 4.69) is 14.6 Å². The number of ether oxygens (including phenoxy) is 1. The number of cyclic esters (lactones) is 1. The molecule has 8 heteroatoms. The Balaban J connectivity index is 1.18. The van der Waals surface area contributed by atoms with Gasteiger partial charge in [0.25, 0.3) is 0 Å². The molecule has 3 unspecified atom stereocenters. The number of rotatable bonds is 5. The van der Waals surface area contributed by atoms with Crippen LogP contribution in [0.2, 0.25) is 0 Å². The minimum absolute atomic E-state index is 0.0678. The zero-order chi connectivity index (χ0) is 19.4. The van der Waals surface area contributed by atoms with Gasteiger partial charge in [0.15, 0.2) is 0 Å². The van der Waals surface area contributed by atoms with Crippen LogP contribution in [0.1, 0.15) is 33.2 Å². The fraction of sp³-hybridized carbons (Fsp3) is 0.450. The Morgan fingerprint density at radius 1 is 1.43 bits per heavy atom. The second kappa shape index (κ2) is 6.65. The van der Waals surface area contributed by atoms with Gasteiger partial charge in [-0.3, -0.25) is 9.69 Å². The summed E-state index contributed by atoms with van der Waals surface area (Å²) in [4.78, 5) is 26.3. The van der Waals surface area contributed by atoms with Crippen molar-refractivity contribution in [2.24, 2.45) is 17.8 Å². The van der Waals surface area contributed by atoms with Crippen molar-refractivity contribution < 1.29 is 19.4 Å². The molecule has 5 rings (SSSR count). The fourth-order valence-electron chi connectivity index (χ4n) is 4.72. The van der Waals surface area contributed by atoms with Gasteiger partial charge in [0.1, 0.15) is 6.61 Å². The number of carbonyl (C=O) groups excluding carboxylic acids is 2. The molecule has 1 aliphatic carbocycles. The number of piperidine rings is 1. The summed E-state index contributed by atoms with van der Waals surface area (Å²) in [5.74, 6) is 0.589. The standard InChI is InChI=1S/C20H21N3O4S/c1-10-12(2-3-13-16(10)8-27-20(13)26)17(24)7-23-5-14-15(6-23)18(14)19(25)22-11-4-21-28-9-11/h2-4,9,14-15,17-18,24H,5-8H2,1H3,(H,22,25). The second-order valence-corrected chi connectivity index (χ2v) is 8.53. The lowest BCUT2D eigenvalue weighted by Gasteiger charge is -2.24. The number of nitrogens with one attached hydrogen (secondary N) is 1. The Bertz CT molecular complexity index is 933. The van der Waals surface area contributed by atoms with Crippen molar-refractivity contribution in [3.05, 3.63) is 46.0 Å². The van der Waals surface area contributed by atoms with Crippen LogP contribution in [0, 0.1) is 24.7 Å². The molecule has 1 aromatic carbocycles. The Morgan fingerprint density at radius 2 is 2.21 bits per heavy atom. The molecule has 1 saturated heterocycles.